The predicted molar refractivity (Wildman–Crippen MR) is 98.5 cm³/mol. The van der Waals surface area contributed by atoms with Crippen LogP contribution >= 0.6 is 15.9 Å². The molecule has 0 saturated heterocycles. The molecule has 12 heteroatoms. The van der Waals surface area contributed by atoms with E-state index in [4.69, 9.17) is 5.11 Å². The Morgan fingerprint density at radius 1 is 1.28 bits per heavy atom. The highest BCUT2D eigenvalue weighted by Gasteiger charge is 2.32. The molecule has 0 fully saturated rings. The van der Waals surface area contributed by atoms with E-state index < -0.39 is 23.7 Å². The van der Waals surface area contributed by atoms with E-state index in [-0.39, 0.29) is 36.5 Å². The lowest BCUT2D eigenvalue weighted by atomic mass is 10.2. The minimum Gasteiger partial charge on any atom is -0.405 e. The molecule has 154 valence electrons. The van der Waals surface area contributed by atoms with Gasteiger partial charge in [-0.1, -0.05) is 22.0 Å². The van der Waals surface area contributed by atoms with Crippen molar-refractivity contribution in [2.24, 2.45) is 0 Å². The van der Waals surface area contributed by atoms with Gasteiger partial charge in [0.05, 0.1) is 18.7 Å². The lowest BCUT2D eigenvalue weighted by molar-refractivity contribution is -0.274. The fraction of sp³-hybridized carbons (Fsp3) is 0.235. The van der Waals surface area contributed by atoms with Crippen LogP contribution in [0.1, 0.15) is 15.9 Å². The number of nitrogens with one attached hydrogen (secondary N) is 1. The Hall–Kier alpha value is -2.86. The summed E-state index contributed by atoms with van der Waals surface area (Å²) >= 11 is 3.07. The number of hydrogen-bond donors (Lipinski definition) is 2. The minimum atomic E-state index is -4.87. The quantitative estimate of drug-likeness (QED) is 0.569. The van der Waals surface area contributed by atoms with Crippen LogP contribution in [0.25, 0.3) is 5.65 Å². The monoisotopic (exact) mass is 474 g/mol. The van der Waals surface area contributed by atoms with Crippen LogP contribution < -0.4 is 15.7 Å². The Kier molecular flexibility index (Phi) is 5.94. The maximum atomic E-state index is 12.6. The standard InChI is InChI=1S/C17H14BrF3N4O4/c18-12-3-1-10(13(7-12)29-17(19,20)21)8-22-15(27)11-2-4-14-23-25(5-6-26)16(28)24(14)9-11/h1-4,7,9,26H,5-6,8H2,(H,22,27). The van der Waals surface area contributed by atoms with Crippen LogP contribution in [-0.4, -0.2) is 38.2 Å². The molecule has 0 saturated carbocycles. The van der Waals surface area contributed by atoms with Crippen LogP contribution in [0.2, 0.25) is 0 Å². The van der Waals surface area contributed by atoms with Gasteiger partial charge < -0.3 is 15.2 Å². The zero-order valence-corrected chi connectivity index (χ0v) is 16.2. The predicted octanol–water partition coefficient (Wildman–Crippen LogP) is 2.08. The van der Waals surface area contributed by atoms with Crippen molar-refractivity contribution in [2.75, 3.05) is 6.61 Å². The average molecular weight is 475 g/mol. The van der Waals surface area contributed by atoms with Crippen molar-refractivity contribution in [1.29, 1.82) is 0 Å². The smallest absolute Gasteiger partial charge is 0.405 e. The SMILES string of the molecule is O=C(NCc1ccc(Br)cc1OC(F)(F)F)c1ccc2nn(CCO)c(=O)n2c1. The first kappa shape index (κ1) is 20.9. The Balaban J connectivity index is 1.79. The van der Waals surface area contributed by atoms with Gasteiger partial charge in [-0.15, -0.1) is 18.3 Å². The highest BCUT2D eigenvalue weighted by atomic mass is 79.9. The third-order valence-corrected chi connectivity index (χ3v) is 4.34. The zero-order valence-electron chi connectivity index (χ0n) is 14.6. The third-order valence-electron chi connectivity index (χ3n) is 3.85. The largest absolute Gasteiger partial charge is 0.573 e. The first-order chi connectivity index (χ1) is 13.7. The number of amides is 1. The van der Waals surface area contributed by atoms with Gasteiger partial charge in [0.15, 0.2) is 5.65 Å². The number of hydrogen-bond acceptors (Lipinski definition) is 5. The number of halogens is 4. The molecule has 0 aliphatic rings. The highest BCUT2D eigenvalue weighted by molar-refractivity contribution is 9.10. The van der Waals surface area contributed by atoms with Crippen LogP contribution in [0.15, 0.2) is 45.8 Å². The van der Waals surface area contributed by atoms with Gasteiger partial charge in [0.1, 0.15) is 5.75 Å². The van der Waals surface area contributed by atoms with Crippen molar-refractivity contribution >= 4 is 27.5 Å². The van der Waals surface area contributed by atoms with E-state index in [1.54, 1.807) is 0 Å². The van der Waals surface area contributed by atoms with E-state index in [2.05, 4.69) is 31.1 Å². The van der Waals surface area contributed by atoms with Crippen molar-refractivity contribution in [3.63, 3.8) is 0 Å². The van der Waals surface area contributed by atoms with Gasteiger partial charge in [0, 0.05) is 22.8 Å². The van der Waals surface area contributed by atoms with Crippen molar-refractivity contribution < 1.29 is 27.8 Å². The Morgan fingerprint density at radius 3 is 2.72 bits per heavy atom. The number of ether oxygens (including phenoxy) is 1. The molecule has 3 aromatic rings. The second-order valence-corrected chi connectivity index (χ2v) is 6.77. The number of benzene rings is 1. The van der Waals surface area contributed by atoms with Gasteiger partial charge in [-0.25, -0.2) is 13.9 Å². The van der Waals surface area contributed by atoms with E-state index >= 15 is 0 Å². The minimum absolute atomic E-state index is 0.00753. The summed E-state index contributed by atoms with van der Waals surface area (Å²) < 4.78 is 44.3. The molecule has 0 spiro atoms. The third kappa shape index (κ3) is 4.95. The number of pyridine rings is 1. The number of carbonyl (C=O) groups excluding carboxylic acids is 1. The Labute approximate surface area is 169 Å². The fourth-order valence-electron chi connectivity index (χ4n) is 2.56. The summed E-state index contributed by atoms with van der Waals surface area (Å²) in [5, 5.41) is 15.4. The molecule has 3 rings (SSSR count). The number of fused-ring (bicyclic) bond motifs is 1. The topological polar surface area (TPSA) is 97.9 Å². The number of aromatic nitrogens is 3. The van der Waals surface area contributed by atoms with E-state index in [0.29, 0.717) is 4.47 Å². The van der Waals surface area contributed by atoms with Gasteiger partial charge in [-0.3, -0.25) is 4.79 Å². The molecular formula is C17H14BrF3N4O4. The van der Waals surface area contributed by atoms with Crippen molar-refractivity contribution in [1.82, 2.24) is 19.5 Å². The van der Waals surface area contributed by atoms with E-state index in [1.807, 2.05) is 0 Å². The average Bonchev–Trinajstić information content (AvgIpc) is 2.95. The number of rotatable bonds is 6. The van der Waals surface area contributed by atoms with Crippen molar-refractivity contribution in [3.05, 3.63) is 62.6 Å². The number of aliphatic hydroxyl groups is 1. The molecular weight excluding hydrogens is 461 g/mol. The Bertz CT molecular complexity index is 1110. The van der Waals surface area contributed by atoms with E-state index in [0.717, 1.165) is 15.1 Å². The molecule has 2 N–H and O–H groups in total. The van der Waals surface area contributed by atoms with Crippen LogP contribution in [0, 0.1) is 0 Å². The van der Waals surface area contributed by atoms with Gasteiger partial charge >= 0.3 is 12.1 Å². The van der Waals surface area contributed by atoms with Gasteiger partial charge in [0.2, 0.25) is 0 Å². The summed E-state index contributed by atoms with van der Waals surface area (Å²) in [5.74, 6) is -1.04. The molecule has 2 aromatic heterocycles. The molecule has 0 radical (unpaired) electrons. The molecule has 8 nitrogen and oxygen atoms in total. The summed E-state index contributed by atoms with van der Waals surface area (Å²) in [6.45, 7) is -0.492. The van der Waals surface area contributed by atoms with Crippen molar-refractivity contribution in [2.45, 2.75) is 19.5 Å². The summed E-state index contributed by atoms with van der Waals surface area (Å²) in [5.41, 5.74) is -0.0160. The summed E-state index contributed by atoms with van der Waals surface area (Å²) in [6.07, 6.45) is -3.61. The summed E-state index contributed by atoms with van der Waals surface area (Å²) in [4.78, 5) is 24.6. The first-order valence-corrected chi connectivity index (χ1v) is 9.00. The molecule has 2 heterocycles. The molecule has 29 heavy (non-hydrogen) atoms. The van der Waals surface area contributed by atoms with Crippen LogP contribution in [0.3, 0.4) is 0 Å². The molecule has 0 bridgehead atoms. The number of carbonyl (C=O) groups is 1. The fourth-order valence-corrected chi connectivity index (χ4v) is 2.90. The molecule has 0 unspecified atom stereocenters. The second-order valence-electron chi connectivity index (χ2n) is 5.86. The van der Waals surface area contributed by atoms with Crippen LogP contribution in [-0.2, 0) is 13.1 Å². The molecule has 0 atom stereocenters. The summed E-state index contributed by atoms with van der Waals surface area (Å²) in [7, 11) is 0. The van der Waals surface area contributed by atoms with E-state index in [9.17, 15) is 22.8 Å². The molecule has 1 amide bonds. The zero-order chi connectivity index (χ0) is 21.2. The van der Waals surface area contributed by atoms with Gasteiger partial charge in [-0.2, -0.15) is 0 Å². The van der Waals surface area contributed by atoms with Crippen LogP contribution in [0.4, 0.5) is 13.2 Å². The van der Waals surface area contributed by atoms with Crippen LogP contribution in [0.5, 0.6) is 5.75 Å². The maximum Gasteiger partial charge on any atom is 0.573 e. The lowest BCUT2D eigenvalue weighted by Crippen LogP contribution is -2.26. The summed E-state index contributed by atoms with van der Waals surface area (Å²) in [6, 6.07) is 6.93. The number of nitrogens with zero attached hydrogens (tertiary/aromatic N) is 3. The van der Waals surface area contributed by atoms with Gasteiger partial charge in [-0.05, 0) is 24.3 Å². The molecule has 0 aliphatic carbocycles. The molecule has 0 aliphatic heterocycles. The molecule has 1 aromatic carbocycles. The normalized spacial score (nSPS) is 11.6. The maximum absolute atomic E-state index is 12.6. The van der Waals surface area contributed by atoms with E-state index in [1.165, 1.54) is 30.5 Å². The van der Waals surface area contributed by atoms with Crippen molar-refractivity contribution in [3.8, 4) is 5.75 Å². The number of alkyl halides is 3. The first-order valence-electron chi connectivity index (χ1n) is 8.20. The number of aliphatic hydroxyl groups excluding tert-OH is 1. The highest BCUT2D eigenvalue weighted by Crippen LogP contribution is 2.29. The Morgan fingerprint density at radius 2 is 2.03 bits per heavy atom. The van der Waals surface area contributed by atoms with Gasteiger partial charge in [0.25, 0.3) is 5.91 Å². The second kappa shape index (κ2) is 8.25. The lowest BCUT2D eigenvalue weighted by Gasteiger charge is -2.14.